The number of fused-ring (bicyclic) bond motifs is 1. The fourth-order valence-corrected chi connectivity index (χ4v) is 7.79. The molecule has 1 unspecified atom stereocenters. The third kappa shape index (κ3) is 7.05. The number of aromatic nitrogens is 1. The van der Waals surface area contributed by atoms with Gasteiger partial charge in [-0.05, 0) is 86.1 Å². The molecule has 2 aliphatic heterocycles. The molecule has 9 nitrogen and oxygen atoms in total. The molecule has 1 saturated heterocycles. The summed E-state index contributed by atoms with van der Waals surface area (Å²) in [5.74, 6) is -0.0309. The monoisotopic (exact) mass is 641 g/mol. The molecule has 4 aliphatic rings. The van der Waals surface area contributed by atoms with Crippen LogP contribution >= 0.6 is 0 Å². The number of amides is 2. The first kappa shape index (κ1) is 33.4. The van der Waals surface area contributed by atoms with Crippen LogP contribution in [0.25, 0.3) is 0 Å². The maximum Gasteiger partial charge on any atom is 0.229 e. The van der Waals surface area contributed by atoms with Crippen molar-refractivity contribution in [2.24, 2.45) is 16.7 Å². The second-order valence-electron chi connectivity index (χ2n) is 16.3. The molecule has 1 aromatic carbocycles. The van der Waals surface area contributed by atoms with Crippen LogP contribution in [0.4, 0.5) is 0 Å². The average Bonchev–Trinajstić information content (AvgIpc) is 3.21. The van der Waals surface area contributed by atoms with Gasteiger partial charge in [-0.3, -0.25) is 9.59 Å². The number of pyridine rings is 1. The van der Waals surface area contributed by atoms with Crippen molar-refractivity contribution in [2.75, 3.05) is 13.1 Å². The molecule has 3 fully saturated rings. The Kier molecular flexibility index (Phi) is 9.14. The lowest BCUT2D eigenvalue weighted by Crippen LogP contribution is -2.54. The standard InChI is InChI=1S/C38H51N5O4/c1-36(2,3)18-26-16-28-31(19-38(13-8-14-38)47-34(28)41-21-26)40-22-32(44)30(17-24-9-6-10-25(15-24)20-39)42-33(45)29-23-43(27-11-7-12-27)35(46)37(29,4)5/h6,9-10,15-16,21,27,29-32,40,44H,7-8,11-14,17-19,22-23H2,1-5H3,(H,42,45)/t29?,30-,31-,32-/m0/s1. The number of aliphatic hydroxyl groups is 1. The van der Waals surface area contributed by atoms with Gasteiger partial charge in [0.1, 0.15) is 5.60 Å². The second-order valence-corrected chi connectivity index (χ2v) is 16.3. The van der Waals surface area contributed by atoms with Crippen LogP contribution in [0.5, 0.6) is 5.88 Å². The maximum absolute atomic E-state index is 14.0. The molecule has 3 N–H and O–H groups in total. The zero-order valence-corrected chi connectivity index (χ0v) is 28.6. The molecule has 1 spiro atoms. The van der Waals surface area contributed by atoms with E-state index in [1.807, 2.05) is 37.1 Å². The molecular formula is C38H51N5O4. The topological polar surface area (TPSA) is 128 Å². The molecular weight excluding hydrogens is 590 g/mol. The molecule has 2 saturated carbocycles. The average molecular weight is 642 g/mol. The van der Waals surface area contributed by atoms with Gasteiger partial charge in [0.05, 0.1) is 35.1 Å². The molecule has 6 rings (SSSR count). The molecule has 47 heavy (non-hydrogen) atoms. The maximum atomic E-state index is 14.0. The van der Waals surface area contributed by atoms with Crippen molar-refractivity contribution in [1.29, 1.82) is 5.26 Å². The van der Waals surface area contributed by atoms with Crippen molar-refractivity contribution in [2.45, 2.75) is 122 Å². The Bertz CT molecular complexity index is 1530. The molecule has 2 amide bonds. The molecule has 3 heterocycles. The van der Waals surface area contributed by atoms with E-state index in [9.17, 15) is 20.0 Å². The highest BCUT2D eigenvalue weighted by Crippen LogP contribution is 2.48. The van der Waals surface area contributed by atoms with Gasteiger partial charge >= 0.3 is 0 Å². The van der Waals surface area contributed by atoms with Crippen LogP contribution in [0.2, 0.25) is 0 Å². The van der Waals surface area contributed by atoms with Crippen LogP contribution in [0.1, 0.15) is 108 Å². The van der Waals surface area contributed by atoms with Gasteiger partial charge in [0.15, 0.2) is 0 Å². The van der Waals surface area contributed by atoms with E-state index < -0.39 is 23.5 Å². The highest BCUT2D eigenvalue weighted by molar-refractivity contribution is 5.94. The first-order valence-electron chi connectivity index (χ1n) is 17.5. The van der Waals surface area contributed by atoms with Gasteiger partial charge in [-0.1, -0.05) is 46.8 Å². The Hall–Kier alpha value is -3.48. The van der Waals surface area contributed by atoms with Crippen molar-refractivity contribution in [1.82, 2.24) is 20.5 Å². The van der Waals surface area contributed by atoms with E-state index in [1.165, 1.54) is 0 Å². The van der Waals surface area contributed by atoms with Crippen molar-refractivity contribution in [3.05, 3.63) is 58.8 Å². The van der Waals surface area contributed by atoms with E-state index in [4.69, 9.17) is 9.72 Å². The number of hydrogen-bond donors (Lipinski definition) is 3. The first-order valence-corrected chi connectivity index (χ1v) is 17.5. The van der Waals surface area contributed by atoms with Crippen molar-refractivity contribution >= 4 is 11.8 Å². The summed E-state index contributed by atoms with van der Waals surface area (Å²) in [7, 11) is 0. The summed E-state index contributed by atoms with van der Waals surface area (Å²) in [6.07, 6.45) is 9.22. The predicted octanol–water partition coefficient (Wildman–Crippen LogP) is 5.00. The minimum absolute atomic E-state index is 0.0328. The van der Waals surface area contributed by atoms with Crippen molar-refractivity contribution < 1.29 is 19.4 Å². The number of likely N-dealkylation sites (tertiary alicyclic amines) is 1. The predicted molar refractivity (Wildman–Crippen MR) is 179 cm³/mol. The zero-order chi connectivity index (χ0) is 33.6. The minimum Gasteiger partial charge on any atom is -0.471 e. The molecule has 2 aromatic rings. The van der Waals surface area contributed by atoms with E-state index in [-0.39, 0.29) is 41.5 Å². The summed E-state index contributed by atoms with van der Waals surface area (Å²) in [6, 6.07) is 11.2. The Labute approximate surface area is 279 Å². The Morgan fingerprint density at radius 3 is 2.60 bits per heavy atom. The molecule has 4 atom stereocenters. The molecule has 2 aliphatic carbocycles. The van der Waals surface area contributed by atoms with Gasteiger partial charge in [-0.15, -0.1) is 0 Å². The Morgan fingerprint density at radius 2 is 1.96 bits per heavy atom. The SMILES string of the molecule is CC(C)(C)Cc1cnc2c(c1)[C@@H](NC[C@H](O)[C@H](Cc1cccc(C#N)c1)NC(=O)C1CN(C3CCC3)C(=O)C1(C)C)CC1(CCC1)O2. The van der Waals surface area contributed by atoms with Crippen LogP contribution in [0.3, 0.4) is 0 Å². The third-order valence-electron chi connectivity index (χ3n) is 11.0. The van der Waals surface area contributed by atoms with Crippen LogP contribution < -0.4 is 15.4 Å². The number of rotatable bonds is 10. The van der Waals surface area contributed by atoms with Crippen LogP contribution in [0.15, 0.2) is 36.5 Å². The number of carbonyl (C=O) groups excluding carboxylic acids is 2. The summed E-state index contributed by atoms with van der Waals surface area (Å²) in [4.78, 5) is 34.0. The molecule has 1 aromatic heterocycles. The van der Waals surface area contributed by atoms with Crippen molar-refractivity contribution in [3.63, 3.8) is 0 Å². The van der Waals surface area contributed by atoms with Gasteiger partial charge in [-0.25, -0.2) is 4.98 Å². The first-order chi connectivity index (χ1) is 22.3. The lowest BCUT2D eigenvalue weighted by Gasteiger charge is -2.47. The number of ether oxygens (including phenoxy) is 1. The van der Waals surface area contributed by atoms with Gasteiger partial charge < -0.3 is 25.4 Å². The fourth-order valence-electron chi connectivity index (χ4n) is 7.79. The highest BCUT2D eigenvalue weighted by atomic mass is 16.5. The van der Waals surface area contributed by atoms with E-state index in [0.717, 1.165) is 68.1 Å². The van der Waals surface area contributed by atoms with Crippen LogP contribution in [0, 0.1) is 28.1 Å². The minimum atomic E-state index is -0.929. The lowest BCUT2D eigenvalue weighted by molar-refractivity contribution is -0.140. The summed E-state index contributed by atoms with van der Waals surface area (Å²) < 4.78 is 6.47. The smallest absolute Gasteiger partial charge is 0.229 e. The quantitative estimate of drug-likeness (QED) is 0.333. The van der Waals surface area contributed by atoms with E-state index in [1.54, 1.807) is 12.1 Å². The zero-order valence-electron chi connectivity index (χ0n) is 28.6. The third-order valence-corrected chi connectivity index (χ3v) is 11.0. The number of nitrogens with one attached hydrogen (secondary N) is 2. The summed E-state index contributed by atoms with van der Waals surface area (Å²) in [6.45, 7) is 11.0. The largest absolute Gasteiger partial charge is 0.471 e. The Morgan fingerprint density at radius 1 is 1.19 bits per heavy atom. The number of hydrogen-bond acceptors (Lipinski definition) is 7. The van der Waals surface area contributed by atoms with E-state index in [0.29, 0.717) is 24.4 Å². The number of aliphatic hydroxyl groups excluding tert-OH is 1. The van der Waals surface area contributed by atoms with Gasteiger partial charge in [-0.2, -0.15) is 5.26 Å². The summed E-state index contributed by atoms with van der Waals surface area (Å²) in [5, 5.41) is 28.1. The van der Waals surface area contributed by atoms with Gasteiger partial charge in [0, 0.05) is 43.4 Å². The molecule has 9 heteroatoms. The van der Waals surface area contributed by atoms with E-state index >= 15 is 0 Å². The number of nitriles is 1. The van der Waals surface area contributed by atoms with Gasteiger partial charge in [0.25, 0.3) is 0 Å². The highest BCUT2D eigenvalue weighted by Gasteiger charge is 2.53. The number of carbonyl (C=O) groups is 2. The van der Waals surface area contributed by atoms with Crippen LogP contribution in [-0.2, 0) is 22.4 Å². The summed E-state index contributed by atoms with van der Waals surface area (Å²) >= 11 is 0. The number of nitrogens with zero attached hydrogens (tertiary/aromatic N) is 3. The van der Waals surface area contributed by atoms with E-state index in [2.05, 4.69) is 43.5 Å². The molecule has 0 bridgehead atoms. The van der Waals surface area contributed by atoms with Crippen LogP contribution in [-0.4, -0.2) is 63.7 Å². The number of benzene rings is 1. The van der Waals surface area contributed by atoms with Crippen molar-refractivity contribution in [3.8, 4) is 11.9 Å². The Balaban J connectivity index is 1.21. The molecule has 252 valence electrons. The fraction of sp³-hybridized carbons (Fsp3) is 0.632. The molecule has 0 radical (unpaired) electrons. The lowest BCUT2D eigenvalue weighted by atomic mass is 9.73. The summed E-state index contributed by atoms with van der Waals surface area (Å²) in [5.41, 5.74) is 2.61. The second kappa shape index (κ2) is 12.9. The normalized spacial score (nSPS) is 24.4. The van der Waals surface area contributed by atoms with Gasteiger partial charge in [0.2, 0.25) is 17.7 Å².